The summed E-state index contributed by atoms with van der Waals surface area (Å²) in [6, 6.07) is 8.09. The van der Waals surface area contributed by atoms with Gasteiger partial charge in [-0.3, -0.25) is 4.79 Å². The fourth-order valence-electron chi connectivity index (χ4n) is 1.85. The molecule has 0 saturated heterocycles. The Bertz CT molecular complexity index is 682. The van der Waals surface area contributed by atoms with Crippen molar-refractivity contribution in [1.29, 1.82) is 0 Å². The maximum absolute atomic E-state index is 11.9. The molecule has 0 aliphatic heterocycles. The van der Waals surface area contributed by atoms with E-state index in [1.165, 1.54) is 22.5 Å². The molecule has 2 aromatic rings. The molecule has 2 rings (SSSR count). The van der Waals surface area contributed by atoms with Crippen LogP contribution < -0.4 is 11.1 Å². The average molecular weight is 299 g/mol. The molecule has 0 aliphatic carbocycles. The van der Waals surface area contributed by atoms with Crippen molar-refractivity contribution in [1.82, 2.24) is 4.98 Å². The molecule has 3 N–H and O–H groups in total. The van der Waals surface area contributed by atoms with E-state index in [1.807, 2.05) is 18.2 Å². The highest BCUT2D eigenvalue weighted by atomic mass is 32.1. The van der Waals surface area contributed by atoms with Crippen LogP contribution in [0, 0.1) is 18.8 Å². The van der Waals surface area contributed by atoms with Gasteiger partial charge in [0.15, 0.2) is 5.13 Å². The molecule has 1 aromatic carbocycles. The van der Waals surface area contributed by atoms with Crippen molar-refractivity contribution in [3.05, 3.63) is 46.5 Å². The monoisotopic (exact) mass is 299 g/mol. The van der Waals surface area contributed by atoms with E-state index in [2.05, 4.69) is 35.1 Å². The number of anilines is 1. The summed E-state index contributed by atoms with van der Waals surface area (Å²) in [6.45, 7) is 2.37. The molecule has 1 heterocycles. The minimum Gasteiger partial charge on any atom is -0.320 e. The molecule has 1 amide bonds. The number of hydrogen-bond donors (Lipinski definition) is 2. The number of benzene rings is 1. The van der Waals surface area contributed by atoms with E-state index < -0.39 is 0 Å². The summed E-state index contributed by atoms with van der Waals surface area (Å²) in [6.07, 6.45) is 2.81. The third-order valence-corrected chi connectivity index (χ3v) is 3.78. The maximum atomic E-state index is 11.9. The second-order valence-electron chi connectivity index (χ2n) is 4.51. The van der Waals surface area contributed by atoms with Gasteiger partial charge >= 0.3 is 0 Å². The second kappa shape index (κ2) is 7.58. The number of amides is 1. The van der Waals surface area contributed by atoms with Crippen LogP contribution in [0.15, 0.2) is 30.5 Å². The van der Waals surface area contributed by atoms with Crippen LogP contribution in [0.5, 0.6) is 0 Å². The van der Waals surface area contributed by atoms with Gasteiger partial charge in [0.1, 0.15) is 0 Å². The molecule has 0 saturated carbocycles. The van der Waals surface area contributed by atoms with E-state index in [4.69, 9.17) is 5.73 Å². The lowest BCUT2D eigenvalue weighted by Gasteiger charge is -2.05. The first-order valence-corrected chi connectivity index (χ1v) is 7.50. The fourth-order valence-corrected chi connectivity index (χ4v) is 2.56. The predicted molar refractivity (Wildman–Crippen MR) is 86.2 cm³/mol. The topological polar surface area (TPSA) is 68.0 Å². The number of aryl methyl sites for hydroxylation is 2. The van der Waals surface area contributed by atoms with Gasteiger partial charge in [0, 0.05) is 6.42 Å². The van der Waals surface area contributed by atoms with Gasteiger partial charge in [-0.25, -0.2) is 4.98 Å². The van der Waals surface area contributed by atoms with Crippen LogP contribution in [0.2, 0.25) is 0 Å². The number of carbonyl (C=O) groups is 1. The van der Waals surface area contributed by atoms with E-state index in [-0.39, 0.29) is 5.91 Å². The molecular formula is C16H17N3OS. The largest absolute Gasteiger partial charge is 0.320 e. The highest BCUT2D eigenvalue weighted by Gasteiger charge is 2.07. The smallest absolute Gasteiger partial charge is 0.226 e. The van der Waals surface area contributed by atoms with E-state index in [0.29, 0.717) is 18.1 Å². The predicted octanol–water partition coefficient (Wildman–Crippen LogP) is 2.33. The Morgan fingerprint density at radius 3 is 3.00 bits per heavy atom. The standard InChI is InChI=1S/C16H17N3OS/c1-12-5-2-3-6-13(12)8-9-15(20)19-16-18-11-14(21-16)7-4-10-17/h2-3,5-6,11H,8-10,17H2,1H3,(H,18,19,20). The molecule has 0 fully saturated rings. The van der Waals surface area contributed by atoms with Crippen molar-refractivity contribution < 1.29 is 4.79 Å². The summed E-state index contributed by atoms with van der Waals surface area (Å²) in [4.78, 5) is 16.8. The Labute approximate surface area is 128 Å². The lowest BCUT2D eigenvalue weighted by Crippen LogP contribution is -2.12. The molecule has 21 heavy (non-hydrogen) atoms. The number of rotatable bonds is 4. The number of nitrogens with one attached hydrogen (secondary N) is 1. The van der Waals surface area contributed by atoms with Crippen LogP contribution >= 0.6 is 11.3 Å². The van der Waals surface area contributed by atoms with Gasteiger partial charge in [-0.15, -0.1) is 0 Å². The minimum absolute atomic E-state index is 0.0362. The quantitative estimate of drug-likeness (QED) is 0.851. The number of carbonyl (C=O) groups excluding carboxylic acids is 1. The zero-order chi connectivity index (χ0) is 15.1. The van der Waals surface area contributed by atoms with Gasteiger partial charge in [0.2, 0.25) is 5.91 Å². The molecule has 1 aromatic heterocycles. The molecule has 0 bridgehead atoms. The van der Waals surface area contributed by atoms with Crippen LogP contribution in [-0.2, 0) is 11.2 Å². The number of nitrogens with two attached hydrogens (primary N) is 1. The van der Waals surface area contributed by atoms with E-state index in [0.717, 1.165) is 11.3 Å². The van der Waals surface area contributed by atoms with E-state index in [9.17, 15) is 4.79 Å². The summed E-state index contributed by atoms with van der Waals surface area (Å²) in [5.41, 5.74) is 7.71. The molecule has 5 heteroatoms. The van der Waals surface area contributed by atoms with Crippen LogP contribution in [0.1, 0.15) is 22.4 Å². The highest BCUT2D eigenvalue weighted by molar-refractivity contribution is 7.16. The minimum atomic E-state index is -0.0362. The van der Waals surface area contributed by atoms with Crippen molar-refractivity contribution >= 4 is 22.4 Å². The van der Waals surface area contributed by atoms with Crippen LogP contribution in [0.3, 0.4) is 0 Å². The first-order valence-electron chi connectivity index (χ1n) is 6.68. The van der Waals surface area contributed by atoms with Crippen molar-refractivity contribution in [3.63, 3.8) is 0 Å². The lowest BCUT2D eigenvalue weighted by atomic mass is 10.0. The van der Waals surface area contributed by atoms with Crippen LogP contribution in [0.25, 0.3) is 0 Å². The molecule has 4 nitrogen and oxygen atoms in total. The van der Waals surface area contributed by atoms with E-state index >= 15 is 0 Å². The third kappa shape index (κ3) is 4.71. The summed E-state index contributed by atoms with van der Waals surface area (Å²) in [5.74, 6) is 5.62. The molecular weight excluding hydrogens is 282 g/mol. The zero-order valence-corrected chi connectivity index (χ0v) is 12.7. The lowest BCUT2D eigenvalue weighted by molar-refractivity contribution is -0.116. The highest BCUT2D eigenvalue weighted by Crippen LogP contribution is 2.17. The van der Waals surface area contributed by atoms with Gasteiger partial charge in [-0.1, -0.05) is 47.4 Å². The number of nitrogens with zero attached hydrogens (tertiary/aromatic N) is 1. The summed E-state index contributed by atoms with van der Waals surface area (Å²) < 4.78 is 0. The average Bonchev–Trinajstić information content (AvgIpc) is 2.91. The van der Waals surface area contributed by atoms with Crippen molar-refractivity contribution in [2.75, 3.05) is 11.9 Å². The molecule has 0 radical (unpaired) electrons. The Morgan fingerprint density at radius 2 is 2.24 bits per heavy atom. The molecule has 0 spiro atoms. The van der Waals surface area contributed by atoms with Crippen LogP contribution in [0.4, 0.5) is 5.13 Å². The Balaban J connectivity index is 1.87. The van der Waals surface area contributed by atoms with Crippen molar-refractivity contribution in [2.45, 2.75) is 19.8 Å². The first kappa shape index (κ1) is 15.2. The summed E-state index contributed by atoms with van der Waals surface area (Å²) >= 11 is 1.35. The number of aromatic nitrogens is 1. The fraction of sp³-hybridized carbons (Fsp3) is 0.250. The van der Waals surface area contributed by atoms with Gasteiger partial charge in [0.25, 0.3) is 0 Å². The molecule has 0 unspecified atom stereocenters. The molecule has 108 valence electrons. The Hall–Kier alpha value is -2.16. The molecule has 0 aliphatic rings. The number of thiazole rings is 1. The second-order valence-corrected chi connectivity index (χ2v) is 5.54. The maximum Gasteiger partial charge on any atom is 0.226 e. The molecule has 0 atom stereocenters. The summed E-state index contributed by atoms with van der Waals surface area (Å²) in [5, 5.41) is 3.37. The van der Waals surface area contributed by atoms with Gasteiger partial charge in [0.05, 0.1) is 17.6 Å². The summed E-state index contributed by atoms with van der Waals surface area (Å²) in [7, 11) is 0. The Kier molecular flexibility index (Phi) is 5.50. The van der Waals surface area contributed by atoms with Crippen LogP contribution in [-0.4, -0.2) is 17.4 Å². The van der Waals surface area contributed by atoms with E-state index in [1.54, 1.807) is 6.20 Å². The van der Waals surface area contributed by atoms with Gasteiger partial charge in [-0.05, 0) is 24.5 Å². The SMILES string of the molecule is Cc1ccccc1CCC(=O)Nc1ncc(C#CCN)s1. The van der Waals surface area contributed by atoms with Crippen molar-refractivity contribution in [2.24, 2.45) is 5.73 Å². The third-order valence-electron chi connectivity index (χ3n) is 2.95. The first-order chi connectivity index (χ1) is 10.2. The Morgan fingerprint density at radius 1 is 1.43 bits per heavy atom. The normalized spacial score (nSPS) is 9.81. The van der Waals surface area contributed by atoms with Gasteiger partial charge in [-0.2, -0.15) is 0 Å². The zero-order valence-electron chi connectivity index (χ0n) is 11.8. The number of hydrogen-bond acceptors (Lipinski definition) is 4. The van der Waals surface area contributed by atoms with Crippen molar-refractivity contribution in [3.8, 4) is 11.8 Å². The van der Waals surface area contributed by atoms with Gasteiger partial charge < -0.3 is 11.1 Å².